The van der Waals surface area contributed by atoms with Crippen molar-refractivity contribution in [2.24, 2.45) is 13.0 Å². The molecule has 2 aromatic rings. The molecule has 1 aliphatic heterocycles. The van der Waals surface area contributed by atoms with Crippen molar-refractivity contribution in [2.75, 3.05) is 33.2 Å². The summed E-state index contributed by atoms with van der Waals surface area (Å²) in [4.78, 5) is 9.35. The summed E-state index contributed by atoms with van der Waals surface area (Å²) >= 11 is 0. The summed E-state index contributed by atoms with van der Waals surface area (Å²) in [6.07, 6.45) is 8.68. The number of piperidine rings is 1. The molecule has 0 spiro atoms. The first kappa shape index (κ1) is 19.0. The predicted octanol–water partition coefficient (Wildman–Crippen LogP) is 2.45. The Morgan fingerprint density at radius 2 is 2.23 bits per heavy atom. The fraction of sp³-hybridized carbons (Fsp3) is 0.737. The van der Waals surface area contributed by atoms with Crippen molar-refractivity contribution in [1.82, 2.24) is 29.7 Å². The smallest absolute Gasteiger partial charge is 0.226 e. The Kier molecular flexibility index (Phi) is 6.43. The summed E-state index contributed by atoms with van der Waals surface area (Å²) in [7, 11) is 4.23. The lowest BCUT2D eigenvalue weighted by Gasteiger charge is -2.42. The van der Waals surface area contributed by atoms with E-state index in [0.29, 0.717) is 12.0 Å². The lowest BCUT2D eigenvalue weighted by molar-refractivity contribution is 0.0761. The molecule has 0 radical (unpaired) electrons. The van der Waals surface area contributed by atoms with Crippen LogP contribution in [0.15, 0.2) is 16.9 Å². The van der Waals surface area contributed by atoms with E-state index in [4.69, 9.17) is 4.52 Å². The van der Waals surface area contributed by atoms with E-state index in [1.807, 2.05) is 24.9 Å². The van der Waals surface area contributed by atoms with Gasteiger partial charge in [-0.2, -0.15) is 10.1 Å². The standard InChI is InChI=1S/C19H32N6O/c1-5-25-11-6-8-16(19(25)17-12-20-24(4)14-17)13-23(3)10-7-9-18-21-15(2)22-26-18/h12,14,16,19H,5-11,13H2,1-4H3/t16-,19+/m0/s1. The zero-order valence-corrected chi connectivity index (χ0v) is 16.6. The van der Waals surface area contributed by atoms with Crippen molar-refractivity contribution >= 4 is 0 Å². The van der Waals surface area contributed by atoms with E-state index >= 15 is 0 Å². The Morgan fingerprint density at radius 1 is 1.38 bits per heavy atom. The average molecular weight is 361 g/mol. The number of hydrogen-bond donors (Lipinski definition) is 0. The monoisotopic (exact) mass is 360 g/mol. The van der Waals surface area contributed by atoms with Crippen molar-refractivity contribution < 1.29 is 4.52 Å². The number of likely N-dealkylation sites (tertiary alicyclic amines) is 1. The summed E-state index contributed by atoms with van der Waals surface area (Å²) in [5.74, 6) is 2.11. The van der Waals surface area contributed by atoms with Crippen LogP contribution in [0.4, 0.5) is 0 Å². The van der Waals surface area contributed by atoms with E-state index < -0.39 is 0 Å². The maximum Gasteiger partial charge on any atom is 0.226 e. The van der Waals surface area contributed by atoms with Crippen LogP contribution in [0.5, 0.6) is 0 Å². The van der Waals surface area contributed by atoms with Gasteiger partial charge in [0.25, 0.3) is 0 Å². The summed E-state index contributed by atoms with van der Waals surface area (Å²) in [6.45, 7) is 8.56. The van der Waals surface area contributed by atoms with Crippen LogP contribution in [-0.4, -0.2) is 62.9 Å². The lowest BCUT2D eigenvalue weighted by Crippen LogP contribution is -2.42. The van der Waals surface area contributed by atoms with Gasteiger partial charge in [-0.15, -0.1) is 0 Å². The molecule has 3 heterocycles. The van der Waals surface area contributed by atoms with Gasteiger partial charge in [0.2, 0.25) is 5.89 Å². The van der Waals surface area contributed by atoms with Gasteiger partial charge in [-0.25, -0.2) is 0 Å². The fourth-order valence-corrected chi connectivity index (χ4v) is 4.21. The number of aromatic nitrogens is 4. The van der Waals surface area contributed by atoms with Crippen LogP contribution in [0, 0.1) is 12.8 Å². The Bertz CT molecular complexity index is 681. The maximum absolute atomic E-state index is 5.21. The second-order valence-corrected chi connectivity index (χ2v) is 7.52. The number of hydrogen-bond acceptors (Lipinski definition) is 6. The average Bonchev–Trinajstić information content (AvgIpc) is 3.23. The third kappa shape index (κ3) is 4.71. The molecule has 7 heteroatoms. The molecule has 0 saturated carbocycles. The number of aryl methyl sites for hydroxylation is 3. The highest BCUT2D eigenvalue weighted by molar-refractivity contribution is 5.13. The van der Waals surface area contributed by atoms with Crippen LogP contribution in [0.25, 0.3) is 0 Å². The molecule has 0 bridgehead atoms. The van der Waals surface area contributed by atoms with Gasteiger partial charge in [-0.05, 0) is 58.8 Å². The van der Waals surface area contributed by atoms with Gasteiger partial charge in [0.05, 0.1) is 6.20 Å². The first-order valence-electron chi connectivity index (χ1n) is 9.77. The molecular weight excluding hydrogens is 328 g/mol. The molecule has 0 aliphatic carbocycles. The first-order chi connectivity index (χ1) is 12.6. The zero-order valence-electron chi connectivity index (χ0n) is 16.6. The van der Waals surface area contributed by atoms with Gasteiger partial charge in [0, 0.05) is 37.8 Å². The molecule has 1 aliphatic rings. The van der Waals surface area contributed by atoms with Gasteiger partial charge in [0.1, 0.15) is 0 Å². The highest BCUT2D eigenvalue weighted by Gasteiger charge is 2.33. The van der Waals surface area contributed by atoms with E-state index in [-0.39, 0.29) is 0 Å². The molecule has 0 aromatic carbocycles. The van der Waals surface area contributed by atoms with E-state index in [1.165, 1.54) is 24.9 Å². The van der Waals surface area contributed by atoms with Crippen LogP contribution in [0.3, 0.4) is 0 Å². The molecule has 0 amide bonds. The Hall–Kier alpha value is -1.73. The van der Waals surface area contributed by atoms with E-state index in [2.05, 4.69) is 45.2 Å². The van der Waals surface area contributed by atoms with Crippen LogP contribution < -0.4 is 0 Å². The second kappa shape index (κ2) is 8.77. The van der Waals surface area contributed by atoms with Crippen molar-refractivity contribution in [3.8, 4) is 0 Å². The van der Waals surface area contributed by atoms with Crippen molar-refractivity contribution in [2.45, 2.75) is 45.6 Å². The summed E-state index contributed by atoms with van der Waals surface area (Å²) in [5, 5.41) is 8.27. The van der Waals surface area contributed by atoms with Gasteiger partial charge in [-0.1, -0.05) is 12.1 Å². The SMILES string of the molecule is CCN1CCC[C@@H](CN(C)CCCc2nc(C)no2)[C@@H]1c1cnn(C)c1. The van der Waals surface area contributed by atoms with Gasteiger partial charge < -0.3 is 9.42 Å². The molecule has 0 N–H and O–H groups in total. The minimum absolute atomic E-state index is 0.475. The van der Waals surface area contributed by atoms with Crippen molar-refractivity contribution in [1.29, 1.82) is 0 Å². The Balaban J connectivity index is 1.56. The van der Waals surface area contributed by atoms with Crippen molar-refractivity contribution in [3.63, 3.8) is 0 Å². The molecule has 7 nitrogen and oxygen atoms in total. The minimum Gasteiger partial charge on any atom is -0.339 e. The third-order valence-corrected chi connectivity index (χ3v) is 5.38. The largest absolute Gasteiger partial charge is 0.339 e. The zero-order chi connectivity index (χ0) is 18.5. The molecule has 1 saturated heterocycles. The fourth-order valence-electron chi connectivity index (χ4n) is 4.21. The maximum atomic E-state index is 5.21. The van der Waals surface area contributed by atoms with E-state index in [0.717, 1.165) is 44.2 Å². The molecule has 1 fully saturated rings. The normalized spacial score (nSPS) is 21.6. The van der Waals surface area contributed by atoms with Crippen LogP contribution in [0.1, 0.15) is 49.5 Å². The van der Waals surface area contributed by atoms with Gasteiger partial charge >= 0.3 is 0 Å². The van der Waals surface area contributed by atoms with E-state index in [1.54, 1.807) is 0 Å². The minimum atomic E-state index is 0.475. The Labute approximate surface area is 156 Å². The quantitative estimate of drug-likeness (QED) is 0.720. The molecule has 2 atom stereocenters. The van der Waals surface area contributed by atoms with Crippen LogP contribution in [0.2, 0.25) is 0 Å². The molecule has 3 rings (SSSR count). The lowest BCUT2D eigenvalue weighted by atomic mass is 9.85. The van der Waals surface area contributed by atoms with Gasteiger partial charge in [-0.3, -0.25) is 9.58 Å². The number of rotatable bonds is 8. The van der Waals surface area contributed by atoms with Crippen LogP contribution >= 0.6 is 0 Å². The van der Waals surface area contributed by atoms with E-state index in [9.17, 15) is 0 Å². The van der Waals surface area contributed by atoms with Crippen molar-refractivity contribution in [3.05, 3.63) is 29.7 Å². The third-order valence-electron chi connectivity index (χ3n) is 5.38. The summed E-state index contributed by atoms with van der Waals surface area (Å²) in [6, 6.07) is 0.475. The molecule has 2 aromatic heterocycles. The molecular formula is C19H32N6O. The molecule has 0 unspecified atom stereocenters. The summed E-state index contributed by atoms with van der Waals surface area (Å²) in [5.41, 5.74) is 1.36. The number of nitrogens with zero attached hydrogens (tertiary/aromatic N) is 6. The summed E-state index contributed by atoms with van der Waals surface area (Å²) < 4.78 is 7.13. The first-order valence-corrected chi connectivity index (χ1v) is 9.77. The van der Waals surface area contributed by atoms with Gasteiger partial charge in [0.15, 0.2) is 5.82 Å². The second-order valence-electron chi connectivity index (χ2n) is 7.52. The van der Waals surface area contributed by atoms with Crippen LogP contribution in [-0.2, 0) is 13.5 Å². The Morgan fingerprint density at radius 3 is 2.88 bits per heavy atom. The molecule has 26 heavy (non-hydrogen) atoms. The highest BCUT2D eigenvalue weighted by Crippen LogP contribution is 2.36. The topological polar surface area (TPSA) is 63.2 Å². The predicted molar refractivity (Wildman–Crippen MR) is 101 cm³/mol. The highest BCUT2D eigenvalue weighted by atomic mass is 16.5. The molecule has 144 valence electrons.